The first-order chi connectivity index (χ1) is 12.0. The van der Waals surface area contributed by atoms with Gasteiger partial charge in [0, 0.05) is 11.3 Å². The topological polar surface area (TPSA) is 74.3 Å². The summed E-state index contributed by atoms with van der Waals surface area (Å²) >= 11 is -0.337. The molecule has 26 heavy (non-hydrogen) atoms. The van der Waals surface area contributed by atoms with Crippen molar-refractivity contribution in [3.05, 3.63) is 63.7 Å². The first-order valence-electron chi connectivity index (χ1n) is 7.77. The Kier molecular flexibility index (Phi) is 8.47. The Labute approximate surface area is 166 Å². The van der Waals surface area contributed by atoms with E-state index in [1.807, 2.05) is 45.9 Å². The first-order valence-corrected chi connectivity index (χ1v) is 11.3. The summed E-state index contributed by atoms with van der Waals surface area (Å²) < 4.78 is 35.4. The van der Waals surface area contributed by atoms with Crippen molar-refractivity contribution in [2.24, 2.45) is 5.41 Å². The molecule has 0 saturated carbocycles. The highest BCUT2D eigenvalue weighted by atomic mass is 127. The molecule has 0 aromatic heterocycles. The van der Waals surface area contributed by atoms with Crippen LogP contribution in [-0.2, 0) is 14.9 Å². The molecular formula is C20H21IO4S. The summed E-state index contributed by atoms with van der Waals surface area (Å²) in [6.45, 7) is 7.50. The van der Waals surface area contributed by atoms with Gasteiger partial charge in [-0.3, -0.25) is 4.79 Å². The van der Waals surface area contributed by atoms with Crippen LogP contribution in [0, 0.1) is 25.8 Å². The molecule has 0 aliphatic rings. The highest BCUT2D eigenvalue weighted by Crippen LogP contribution is 2.12. The van der Waals surface area contributed by atoms with Crippen LogP contribution >= 0.6 is 0 Å². The van der Waals surface area contributed by atoms with Gasteiger partial charge in [-0.1, -0.05) is 56.7 Å². The molecule has 0 bridgehead atoms. The minimum atomic E-state index is -4.27. The lowest BCUT2D eigenvalue weighted by molar-refractivity contribution is -0.535. The Morgan fingerprint density at radius 2 is 1.54 bits per heavy atom. The zero-order chi connectivity index (χ0) is 19.8. The molecule has 0 saturated heterocycles. The zero-order valence-corrected chi connectivity index (χ0v) is 18.1. The summed E-state index contributed by atoms with van der Waals surface area (Å²) in [6.07, 6.45) is 0. The van der Waals surface area contributed by atoms with Gasteiger partial charge in [0.25, 0.3) is 0 Å². The molecule has 6 heteroatoms. The second-order valence-corrected chi connectivity index (χ2v) is 10.2. The maximum atomic E-state index is 11.5. The van der Waals surface area contributed by atoms with Crippen molar-refractivity contribution in [2.75, 3.05) is 0 Å². The van der Waals surface area contributed by atoms with Crippen LogP contribution in [0.3, 0.4) is 0 Å². The van der Waals surface area contributed by atoms with E-state index < -0.39 is 10.1 Å². The fraction of sp³-hybridized carbons (Fsp3) is 0.250. The number of hydrogen-bond acceptors (Lipinski definition) is 4. The summed E-state index contributed by atoms with van der Waals surface area (Å²) in [5.74, 6) is 2.76. The van der Waals surface area contributed by atoms with E-state index in [-0.39, 0.29) is 37.3 Å². The van der Waals surface area contributed by atoms with E-state index in [0.29, 0.717) is 0 Å². The molecule has 0 aliphatic carbocycles. The Bertz CT molecular complexity index is 885. The molecule has 0 N–H and O–H groups in total. The van der Waals surface area contributed by atoms with E-state index in [4.69, 9.17) is 0 Å². The quantitative estimate of drug-likeness (QED) is 0.352. The van der Waals surface area contributed by atoms with E-state index in [1.54, 1.807) is 12.1 Å². The number of ketones is 1. The summed E-state index contributed by atoms with van der Waals surface area (Å²) in [5.41, 5.74) is 0.588. The van der Waals surface area contributed by atoms with Crippen molar-refractivity contribution < 1.29 is 39.0 Å². The Balaban J connectivity index is 0.000000273. The van der Waals surface area contributed by atoms with Crippen LogP contribution in [0.25, 0.3) is 0 Å². The second kappa shape index (κ2) is 9.86. The number of Topliss-reactive ketones (excluding diaryl/α,β-unsaturated/α-hetero) is 1. The standard InChI is InChI=1S/C13H14IO.C7H8O3S/c1-13(2,3)12(15)9-10-14-11-7-5-4-6-8-11;1-6-2-4-7(5-3-6)11(8,9)10/h4-8H,1-3H3;2-5H,1H3,(H,8,9,10)/q+1;/p-1. The largest absolute Gasteiger partial charge is 0.744 e. The van der Waals surface area contributed by atoms with Gasteiger partial charge in [-0.2, -0.15) is 0 Å². The van der Waals surface area contributed by atoms with Gasteiger partial charge in [0.15, 0.2) is 3.93 Å². The molecule has 0 spiro atoms. The Hall–Kier alpha value is -1.69. The smallest absolute Gasteiger partial charge is 0.420 e. The SMILES string of the molecule is CC(C)(C)C(=O)C#C[I+]c1ccccc1.Cc1ccc(S(=O)(=O)[O-])cc1. The highest BCUT2D eigenvalue weighted by molar-refractivity contribution is 7.85. The molecule has 2 aromatic rings. The van der Waals surface area contributed by atoms with Gasteiger partial charge < -0.3 is 4.55 Å². The molecule has 0 unspecified atom stereocenters. The molecule has 0 fully saturated rings. The number of carbonyl (C=O) groups excluding carboxylic acids is 1. The van der Waals surface area contributed by atoms with Crippen LogP contribution in [0.2, 0.25) is 0 Å². The summed E-state index contributed by atoms with van der Waals surface area (Å²) in [4.78, 5) is 11.3. The van der Waals surface area contributed by atoms with Crippen molar-refractivity contribution in [3.63, 3.8) is 0 Å². The van der Waals surface area contributed by atoms with Crippen molar-refractivity contribution in [2.45, 2.75) is 32.6 Å². The maximum Gasteiger partial charge on any atom is 0.420 e. The van der Waals surface area contributed by atoms with Crippen molar-refractivity contribution >= 4 is 15.9 Å². The molecule has 2 rings (SSSR count). The highest BCUT2D eigenvalue weighted by Gasteiger charge is 2.20. The third-order valence-corrected chi connectivity index (χ3v) is 5.77. The fourth-order valence-electron chi connectivity index (χ4n) is 1.49. The van der Waals surface area contributed by atoms with E-state index >= 15 is 0 Å². The van der Waals surface area contributed by atoms with Crippen LogP contribution in [0.1, 0.15) is 26.3 Å². The monoisotopic (exact) mass is 484 g/mol. The lowest BCUT2D eigenvalue weighted by atomic mass is 9.92. The Morgan fingerprint density at radius 1 is 1.00 bits per heavy atom. The van der Waals surface area contributed by atoms with E-state index in [9.17, 15) is 17.8 Å². The molecule has 0 amide bonds. The maximum absolute atomic E-state index is 11.5. The van der Waals surface area contributed by atoms with Gasteiger partial charge in [0.2, 0.25) is 9.35 Å². The van der Waals surface area contributed by atoms with Gasteiger partial charge in [-0.15, -0.1) is 0 Å². The van der Waals surface area contributed by atoms with Crippen LogP contribution in [-0.4, -0.2) is 18.8 Å². The predicted molar refractivity (Wildman–Crippen MR) is 96.5 cm³/mol. The molecule has 0 atom stereocenters. The van der Waals surface area contributed by atoms with Gasteiger partial charge in [-0.05, 0) is 31.2 Å². The first kappa shape index (κ1) is 22.4. The average Bonchev–Trinajstić information content (AvgIpc) is 2.55. The minimum absolute atomic E-state index is 0.0260. The van der Waals surface area contributed by atoms with E-state index in [2.05, 4.69) is 22.0 Å². The molecule has 2 aromatic carbocycles. The van der Waals surface area contributed by atoms with Crippen molar-refractivity contribution in [1.29, 1.82) is 0 Å². The number of aryl methyl sites for hydroxylation is 1. The van der Waals surface area contributed by atoms with E-state index in [0.717, 1.165) is 5.56 Å². The molecular weight excluding hydrogens is 463 g/mol. The van der Waals surface area contributed by atoms with Crippen LogP contribution in [0.5, 0.6) is 0 Å². The van der Waals surface area contributed by atoms with E-state index in [1.165, 1.54) is 15.7 Å². The average molecular weight is 484 g/mol. The molecule has 0 heterocycles. The van der Waals surface area contributed by atoms with Gasteiger partial charge in [-0.25, -0.2) is 8.42 Å². The van der Waals surface area contributed by atoms with Crippen LogP contribution in [0.4, 0.5) is 0 Å². The van der Waals surface area contributed by atoms with Crippen LogP contribution in [0.15, 0.2) is 59.5 Å². The molecule has 4 nitrogen and oxygen atoms in total. The lowest BCUT2D eigenvalue weighted by Crippen LogP contribution is -3.59. The summed E-state index contributed by atoms with van der Waals surface area (Å²) in [5, 5.41) is 0. The van der Waals surface area contributed by atoms with Gasteiger partial charge in [0.1, 0.15) is 10.1 Å². The van der Waals surface area contributed by atoms with Crippen LogP contribution < -0.4 is 21.2 Å². The minimum Gasteiger partial charge on any atom is -0.744 e. The predicted octanol–water partition coefficient (Wildman–Crippen LogP) is 0.420. The summed E-state index contributed by atoms with van der Waals surface area (Å²) in [6, 6.07) is 15.9. The number of carbonyl (C=O) groups is 1. The number of halogens is 1. The van der Waals surface area contributed by atoms with Crippen molar-refractivity contribution in [3.8, 4) is 9.85 Å². The fourth-order valence-corrected chi connectivity index (χ4v) is 3.43. The molecule has 0 radical (unpaired) electrons. The normalized spacial score (nSPS) is 10.8. The van der Waals surface area contributed by atoms with Gasteiger partial charge >= 0.3 is 21.2 Å². The molecule has 138 valence electrons. The van der Waals surface area contributed by atoms with Crippen molar-refractivity contribution in [1.82, 2.24) is 0 Å². The lowest BCUT2D eigenvalue weighted by Gasteiger charge is -2.09. The second-order valence-electron chi connectivity index (χ2n) is 6.46. The van der Waals surface area contributed by atoms with Gasteiger partial charge in [0.05, 0.1) is 4.90 Å². The Morgan fingerprint density at radius 3 is 2.00 bits per heavy atom. The third kappa shape index (κ3) is 8.61. The number of rotatable bonds is 2. The number of benzene rings is 2. The third-order valence-electron chi connectivity index (χ3n) is 3.04. The molecule has 0 aliphatic heterocycles. The number of hydrogen-bond donors (Lipinski definition) is 0. The zero-order valence-electron chi connectivity index (χ0n) is 15.1. The summed E-state index contributed by atoms with van der Waals surface area (Å²) in [7, 11) is -4.27.